The van der Waals surface area contributed by atoms with Crippen LogP contribution < -0.4 is 16.4 Å². The SMILES string of the molecule is NC(Cc1ccc(O)cc1)C(=O)NC(Cc1cnc[nH]1)C(=O)NC(CCC(=O)O)C(=O)N1CCCC1C(=O)O. The molecule has 1 fully saturated rings. The van der Waals surface area contributed by atoms with Crippen molar-refractivity contribution < 1.29 is 39.3 Å². The third kappa shape index (κ3) is 8.26. The number of carbonyl (C=O) groups is 5. The molecule has 14 nitrogen and oxygen atoms in total. The quantitative estimate of drug-likeness (QED) is 0.165. The maximum absolute atomic E-state index is 13.3. The summed E-state index contributed by atoms with van der Waals surface area (Å²) in [6, 6.07) is 1.49. The lowest BCUT2D eigenvalue weighted by atomic mass is 10.0. The summed E-state index contributed by atoms with van der Waals surface area (Å²) in [5, 5.41) is 33.2. The Labute approximate surface area is 223 Å². The molecule has 4 unspecified atom stereocenters. The average molecular weight is 545 g/mol. The standard InChI is InChI=1S/C25H32N6O8/c26-17(10-14-3-5-16(32)6-4-14)22(35)30-19(11-15-12-27-13-28-15)23(36)29-18(7-8-21(33)34)24(37)31-9-1-2-20(31)25(38)39/h3-6,12-13,17-20,32H,1-2,7-11,26H2,(H,27,28)(H,29,36)(H,30,35)(H,33,34)(H,38,39). The van der Waals surface area contributed by atoms with Crippen molar-refractivity contribution in [1.82, 2.24) is 25.5 Å². The summed E-state index contributed by atoms with van der Waals surface area (Å²) in [6.07, 6.45) is 2.92. The zero-order chi connectivity index (χ0) is 28.5. The van der Waals surface area contributed by atoms with E-state index in [1.807, 2.05) is 0 Å². The number of nitrogens with zero attached hydrogens (tertiary/aromatic N) is 2. The number of carbonyl (C=O) groups excluding carboxylic acids is 3. The number of carboxylic acid groups (broad SMARTS) is 2. The van der Waals surface area contributed by atoms with Gasteiger partial charge in [0.25, 0.3) is 0 Å². The maximum atomic E-state index is 13.3. The summed E-state index contributed by atoms with van der Waals surface area (Å²) in [5.74, 6) is -4.45. The number of imidazole rings is 1. The number of hydrogen-bond donors (Lipinski definition) is 7. The van der Waals surface area contributed by atoms with Gasteiger partial charge in [-0.05, 0) is 43.4 Å². The van der Waals surface area contributed by atoms with E-state index in [2.05, 4.69) is 20.6 Å². The molecule has 39 heavy (non-hydrogen) atoms. The Kier molecular flexibility index (Phi) is 9.98. The Balaban J connectivity index is 1.75. The van der Waals surface area contributed by atoms with Crippen LogP contribution in [-0.4, -0.2) is 90.6 Å². The summed E-state index contributed by atoms with van der Waals surface area (Å²) in [6.45, 7) is 0.162. The maximum Gasteiger partial charge on any atom is 0.326 e. The number of carboxylic acids is 2. The van der Waals surface area contributed by atoms with Crippen molar-refractivity contribution in [2.24, 2.45) is 5.73 Å². The first kappa shape index (κ1) is 29.1. The molecule has 0 saturated carbocycles. The number of H-pyrrole nitrogens is 1. The Bertz CT molecular complexity index is 1170. The van der Waals surface area contributed by atoms with Crippen molar-refractivity contribution in [2.75, 3.05) is 6.54 Å². The first-order valence-corrected chi connectivity index (χ1v) is 12.4. The van der Waals surface area contributed by atoms with E-state index in [9.17, 15) is 34.2 Å². The highest BCUT2D eigenvalue weighted by Gasteiger charge is 2.38. The van der Waals surface area contributed by atoms with Gasteiger partial charge in [-0.3, -0.25) is 19.2 Å². The van der Waals surface area contributed by atoms with Gasteiger partial charge in [0, 0.05) is 31.3 Å². The van der Waals surface area contributed by atoms with E-state index in [0.29, 0.717) is 17.7 Å². The number of amides is 3. The second kappa shape index (κ2) is 13.4. The van der Waals surface area contributed by atoms with Crippen LogP contribution in [0.25, 0.3) is 0 Å². The van der Waals surface area contributed by atoms with Crippen LogP contribution in [-0.2, 0) is 36.8 Å². The van der Waals surface area contributed by atoms with Crippen LogP contribution >= 0.6 is 0 Å². The fourth-order valence-corrected chi connectivity index (χ4v) is 4.37. The molecule has 0 bridgehead atoms. The predicted octanol–water partition coefficient (Wildman–Crippen LogP) is -0.862. The largest absolute Gasteiger partial charge is 0.508 e. The van der Waals surface area contributed by atoms with Gasteiger partial charge in [-0.15, -0.1) is 0 Å². The van der Waals surface area contributed by atoms with E-state index in [4.69, 9.17) is 10.8 Å². The fraction of sp³-hybridized carbons (Fsp3) is 0.440. The first-order valence-electron chi connectivity index (χ1n) is 12.4. The molecular weight excluding hydrogens is 512 g/mol. The lowest BCUT2D eigenvalue weighted by Crippen LogP contribution is -2.58. The lowest BCUT2D eigenvalue weighted by Gasteiger charge is -2.28. The second-order valence-corrected chi connectivity index (χ2v) is 9.34. The molecule has 0 spiro atoms. The monoisotopic (exact) mass is 544 g/mol. The average Bonchev–Trinajstić information content (AvgIpc) is 3.59. The highest BCUT2D eigenvalue weighted by Crippen LogP contribution is 2.20. The molecule has 1 saturated heterocycles. The molecule has 2 aromatic rings. The molecule has 2 heterocycles. The summed E-state index contributed by atoms with van der Waals surface area (Å²) in [4.78, 5) is 70.1. The normalized spacial score (nSPS) is 17.2. The summed E-state index contributed by atoms with van der Waals surface area (Å²) in [5.41, 5.74) is 7.24. The zero-order valence-electron chi connectivity index (χ0n) is 21.1. The highest BCUT2D eigenvalue weighted by molar-refractivity contribution is 5.94. The number of aromatic nitrogens is 2. The molecule has 14 heteroatoms. The van der Waals surface area contributed by atoms with Gasteiger partial charge in [0.15, 0.2) is 0 Å². The molecule has 1 aliphatic rings. The van der Waals surface area contributed by atoms with E-state index in [1.54, 1.807) is 12.1 Å². The number of nitrogens with two attached hydrogens (primary N) is 1. The Hall–Kier alpha value is -4.46. The highest BCUT2D eigenvalue weighted by atomic mass is 16.4. The molecule has 1 aromatic carbocycles. The van der Waals surface area contributed by atoms with E-state index < -0.39 is 60.2 Å². The molecule has 4 atom stereocenters. The van der Waals surface area contributed by atoms with E-state index in [0.717, 1.165) is 4.90 Å². The minimum atomic E-state index is -1.32. The molecule has 0 aliphatic carbocycles. The van der Waals surface area contributed by atoms with Crippen molar-refractivity contribution >= 4 is 29.7 Å². The van der Waals surface area contributed by atoms with Gasteiger partial charge in [0.05, 0.1) is 12.4 Å². The van der Waals surface area contributed by atoms with Crippen LogP contribution in [0.5, 0.6) is 5.75 Å². The van der Waals surface area contributed by atoms with Crippen molar-refractivity contribution in [2.45, 2.75) is 62.7 Å². The molecule has 210 valence electrons. The predicted molar refractivity (Wildman–Crippen MR) is 135 cm³/mol. The third-order valence-corrected chi connectivity index (χ3v) is 6.42. The van der Waals surface area contributed by atoms with Gasteiger partial charge in [-0.25, -0.2) is 9.78 Å². The van der Waals surface area contributed by atoms with Crippen LogP contribution in [0.1, 0.15) is 36.9 Å². The van der Waals surface area contributed by atoms with Gasteiger partial charge in [0.2, 0.25) is 17.7 Å². The Morgan fingerprint density at radius 3 is 2.36 bits per heavy atom. The Morgan fingerprint density at radius 2 is 1.74 bits per heavy atom. The first-order chi connectivity index (χ1) is 18.5. The minimum absolute atomic E-state index is 0.0369. The number of rotatable bonds is 13. The summed E-state index contributed by atoms with van der Waals surface area (Å²) >= 11 is 0. The number of benzene rings is 1. The number of phenols is 1. The van der Waals surface area contributed by atoms with Crippen molar-refractivity contribution in [1.29, 1.82) is 0 Å². The topological polar surface area (TPSA) is 228 Å². The number of nitrogens with one attached hydrogen (secondary N) is 3. The van der Waals surface area contributed by atoms with Gasteiger partial charge in [0.1, 0.15) is 23.9 Å². The van der Waals surface area contributed by atoms with Crippen LogP contribution in [0.2, 0.25) is 0 Å². The van der Waals surface area contributed by atoms with Gasteiger partial charge >= 0.3 is 11.9 Å². The number of aromatic amines is 1. The summed E-state index contributed by atoms with van der Waals surface area (Å²) in [7, 11) is 0. The van der Waals surface area contributed by atoms with Gasteiger partial charge in [-0.2, -0.15) is 0 Å². The second-order valence-electron chi connectivity index (χ2n) is 9.34. The van der Waals surface area contributed by atoms with E-state index >= 15 is 0 Å². The number of hydrogen-bond acceptors (Lipinski definition) is 8. The molecule has 1 aliphatic heterocycles. The van der Waals surface area contributed by atoms with Crippen molar-refractivity contribution in [3.63, 3.8) is 0 Å². The van der Waals surface area contributed by atoms with E-state index in [-0.39, 0.29) is 38.0 Å². The molecule has 3 rings (SSSR count). The van der Waals surface area contributed by atoms with Crippen LogP contribution in [0.3, 0.4) is 0 Å². The minimum Gasteiger partial charge on any atom is -0.508 e. The molecule has 1 aromatic heterocycles. The Morgan fingerprint density at radius 1 is 1.05 bits per heavy atom. The number of aliphatic carboxylic acids is 2. The third-order valence-electron chi connectivity index (χ3n) is 6.42. The zero-order valence-corrected chi connectivity index (χ0v) is 21.1. The van der Waals surface area contributed by atoms with Crippen molar-refractivity contribution in [3.8, 4) is 5.75 Å². The van der Waals surface area contributed by atoms with Gasteiger partial charge in [-0.1, -0.05) is 12.1 Å². The van der Waals surface area contributed by atoms with Crippen LogP contribution in [0.15, 0.2) is 36.8 Å². The molecule has 0 radical (unpaired) electrons. The smallest absolute Gasteiger partial charge is 0.326 e. The van der Waals surface area contributed by atoms with Crippen LogP contribution in [0, 0.1) is 0 Å². The fourth-order valence-electron chi connectivity index (χ4n) is 4.37. The van der Waals surface area contributed by atoms with Gasteiger partial charge < -0.3 is 41.6 Å². The van der Waals surface area contributed by atoms with E-state index in [1.165, 1.54) is 24.7 Å². The number of aromatic hydroxyl groups is 1. The molecular formula is C25H32N6O8. The van der Waals surface area contributed by atoms with Crippen molar-refractivity contribution in [3.05, 3.63) is 48.0 Å². The summed E-state index contributed by atoms with van der Waals surface area (Å²) < 4.78 is 0. The van der Waals surface area contributed by atoms with Crippen LogP contribution in [0.4, 0.5) is 0 Å². The lowest BCUT2D eigenvalue weighted by molar-refractivity contribution is -0.150. The number of phenolic OH excluding ortho intramolecular Hbond substituents is 1. The molecule has 8 N–H and O–H groups in total. The number of likely N-dealkylation sites (tertiary alicyclic amines) is 1. The molecule has 3 amide bonds.